The Balaban J connectivity index is 1.77. The van der Waals surface area contributed by atoms with Gasteiger partial charge in [-0.25, -0.2) is 0 Å². The minimum atomic E-state index is -1.67. The molecule has 1 fully saturated rings. The summed E-state index contributed by atoms with van der Waals surface area (Å²) in [7, 11) is 0. The van der Waals surface area contributed by atoms with E-state index in [1.165, 1.54) is 0 Å². The van der Waals surface area contributed by atoms with Crippen molar-refractivity contribution in [1.29, 1.82) is 0 Å². The zero-order valence-corrected chi connectivity index (χ0v) is 17.6. The quantitative estimate of drug-likeness (QED) is 0.642. The highest BCUT2D eigenvalue weighted by atomic mass is 35.5. The van der Waals surface area contributed by atoms with Crippen LogP contribution in [0, 0.1) is 5.92 Å². The molecule has 2 aliphatic heterocycles. The van der Waals surface area contributed by atoms with E-state index in [-0.39, 0.29) is 29.6 Å². The van der Waals surface area contributed by atoms with Crippen LogP contribution in [-0.2, 0) is 28.3 Å². The fourth-order valence-electron chi connectivity index (χ4n) is 4.22. The summed E-state index contributed by atoms with van der Waals surface area (Å²) in [5.41, 5.74) is 2.98. The molecule has 6 nitrogen and oxygen atoms in total. The summed E-state index contributed by atoms with van der Waals surface area (Å²) < 4.78 is 11.8. The zero-order valence-electron chi connectivity index (χ0n) is 16.8. The summed E-state index contributed by atoms with van der Waals surface area (Å²) in [4.78, 5) is 13.1. The van der Waals surface area contributed by atoms with Crippen molar-refractivity contribution in [3.63, 3.8) is 0 Å². The van der Waals surface area contributed by atoms with Gasteiger partial charge in [0.2, 0.25) is 5.79 Å². The molecule has 0 aliphatic carbocycles. The van der Waals surface area contributed by atoms with E-state index in [1.807, 2.05) is 19.1 Å². The molecule has 1 spiro atoms. The molecule has 0 unspecified atom stereocenters. The Morgan fingerprint density at radius 3 is 2.57 bits per heavy atom. The van der Waals surface area contributed by atoms with Crippen LogP contribution in [0.3, 0.4) is 0 Å². The van der Waals surface area contributed by atoms with Gasteiger partial charge < -0.3 is 24.8 Å². The lowest BCUT2D eigenvalue weighted by Gasteiger charge is -2.47. The van der Waals surface area contributed by atoms with Crippen LogP contribution in [0.4, 0.5) is 0 Å². The van der Waals surface area contributed by atoms with E-state index in [1.54, 1.807) is 31.2 Å². The van der Waals surface area contributed by atoms with Crippen molar-refractivity contribution in [2.45, 2.75) is 51.0 Å². The minimum Gasteiger partial charge on any atom is -0.394 e. The molecule has 0 aromatic heterocycles. The summed E-state index contributed by atoms with van der Waals surface area (Å²) >= 11 is 6.41. The van der Waals surface area contributed by atoms with Gasteiger partial charge in [-0.2, -0.15) is 0 Å². The van der Waals surface area contributed by atoms with Gasteiger partial charge in [-0.1, -0.05) is 49.7 Å². The van der Waals surface area contributed by atoms with E-state index < -0.39 is 30.0 Å². The van der Waals surface area contributed by atoms with E-state index in [0.29, 0.717) is 16.7 Å². The van der Waals surface area contributed by atoms with Crippen LogP contribution >= 0.6 is 11.6 Å². The van der Waals surface area contributed by atoms with Gasteiger partial charge in [0, 0.05) is 22.6 Å². The number of ether oxygens (including phenoxy) is 2. The SMILES string of the molecule is CCc1ccc(C(=O)c2cc3c(cc2Cl)CO[C@]32O[C@H](CO)[C@@H](C)[C@H](O)[C@H]2O)cc1. The summed E-state index contributed by atoms with van der Waals surface area (Å²) in [5, 5.41) is 31.3. The average Bonchev–Trinajstić information content (AvgIpc) is 3.11. The van der Waals surface area contributed by atoms with E-state index >= 15 is 0 Å². The number of aliphatic hydroxyl groups is 3. The first kappa shape index (κ1) is 21.4. The summed E-state index contributed by atoms with van der Waals surface area (Å²) in [6.45, 7) is 3.49. The Morgan fingerprint density at radius 1 is 1.23 bits per heavy atom. The van der Waals surface area contributed by atoms with E-state index in [0.717, 1.165) is 12.0 Å². The average molecular weight is 433 g/mol. The molecule has 7 heteroatoms. The number of hydrogen-bond donors (Lipinski definition) is 3. The number of rotatable bonds is 4. The van der Waals surface area contributed by atoms with Gasteiger partial charge in [0.25, 0.3) is 0 Å². The molecule has 0 radical (unpaired) electrons. The summed E-state index contributed by atoms with van der Waals surface area (Å²) in [6.07, 6.45) is -2.41. The first-order valence-electron chi connectivity index (χ1n) is 10.1. The molecule has 0 bridgehead atoms. The molecule has 2 aliphatic rings. The van der Waals surface area contributed by atoms with Gasteiger partial charge in [0.15, 0.2) is 5.78 Å². The molecule has 160 valence electrons. The molecule has 2 aromatic carbocycles. The highest BCUT2D eigenvalue weighted by Crippen LogP contribution is 2.48. The number of aliphatic hydroxyl groups excluding tert-OH is 3. The van der Waals surface area contributed by atoms with Gasteiger partial charge in [-0.3, -0.25) is 4.79 Å². The number of ketones is 1. The van der Waals surface area contributed by atoms with Crippen LogP contribution in [0.5, 0.6) is 0 Å². The van der Waals surface area contributed by atoms with Crippen molar-refractivity contribution < 1.29 is 29.6 Å². The van der Waals surface area contributed by atoms with Crippen LogP contribution in [-0.4, -0.2) is 46.0 Å². The number of fused-ring (bicyclic) bond motifs is 2. The Kier molecular flexibility index (Phi) is 5.74. The van der Waals surface area contributed by atoms with Gasteiger partial charge >= 0.3 is 0 Å². The molecule has 0 amide bonds. The number of benzene rings is 2. The predicted molar refractivity (Wildman–Crippen MR) is 110 cm³/mol. The number of carbonyl (C=O) groups excluding carboxylic acids is 1. The lowest BCUT2D eigenvalue weighted by molar-refractivity contribution is -0.360. The van der Waals surface area contributed by atoms with Crippen LogP contribution < -0.4 is 0 Å². The van der Waals surface area contributed by atoms with Gasteiger partial charge in [-0.05, 0) is 29.7 Å². The third-order valence-electron chi connectivity index (χ3n) is 6.22. The van der Waals surface area contributed by atoms with Crippen molar-refractivity contribution >= 4 is 17.4 Å². The van der Waals surface area contributed by atoms with Gasteiger partial charge in [0.05, 0.1) is 30.4 Å². The summed E-state index contributed by atoms with van der Waals surface area (Å²) in [6, 6.07) is 10.5. The molecule has 30 heavy (non-hydrogen) atoms. The fraction of sp³-hybridized carbons (Fsp3) is 0.435. The molecule has 4 rings (SSSR count). The van der Waals surface area contributed by atoms with E-state index in [9.17, 15) is 20.1 Å². The molecular formula is C23H25ClO6. The normalized spacial score (nSPS) is 30.5. The molecule has 1 saturated heterocycles. The van der Waals surface area contributed by atoms with Gasteiger partial charge in [0.1, 0.15) is 6.10 Å². The highest BCUT2D eigenvalue weighted by Gasteiger charge is 2.57. The Hall–Kier alpha value is -1.80. The van der Waals surface area contributed by atoms with Crippen LogP contribution in [0.1, 0.15) is 46.5 Å². The van der Waals surface area contributed by atoms with E-state index in [4.69, 9.17) is 21.1 Å². The standard InChI is InChI=1S/C23H25ClO6/c1-3-13-4-6-14(7-5-13)21(27)16-9-17-15(8-18(16)24)11-29-23(17)22(28)20(26)12(2)19(10-25)30-23/h4-9,12,19-20,22,25-26,28H,3,10-11H2,1-2H3/t12-,19-,20+,22-,23+/m1/s1. The van der Waals surface area contributed by atoms with Crippen molar-refractivity contribution in [1.82, 2.24) is 0 Å². The number of halogens is 1. The number of carbonyl (C=O) groups is 1. The Morgan fingerprint density at radius 2 is 1.93 bits per heavy atom. The Bertz CT molecular complexity index is 957. The second-order valence-corrected chi connectivity index (χ2v) is 8.37. The van der Waals surface area contributed by atoms with Crippen molar-refractivity contribution in [3.05, 3.63) is 69.2 Å². The van der Waals surface area contributed by atoms with Gasteiger partial charge in [-0.15, -0.1) is 0 Å². The van der Waals surface area contributed by atoms with Crippen molar-refractivity contribution in [2.24, 2.45) is 5.92 Å². The molecule has 0 saturated carbocycles. The smallest absolute Gasteiger partial charge is 0.225 e. The van der Waals surface area contributed by atoms with Crippen LogP contribution in [0.25, 0.3) is 0 Å². The minimum absolute atomic E-state index is 0.102. The topological polar surface area (TPSA) is 96.2 Å². The molecule has 5 atom stereocenters. The largest absolute Gasteiger partial charge is 0.394 e. The predicted octanol–water partition coefficient (Wildman–Crippen LogP) is 2.57. The fourth-order valence-corrected chi connectivity index (χ4v) is 4.49. The highest BCUT2D eigenvalue weighted by molar-refractivity contribution is 6.35. The Labute approximate surface area is 180 Å². The second kappa shape index (κ2) is 8.04. The van der Waals surface area contributed by atoms with Crippen LogP contribution in [0.2, 0.25) is 5.02 Å². The molecule has 2 heterocycles. The maximum Gasteiger partial charge on any atom is 0.225 e. The monoisotopic (exact) mass is 432 g/mol. The van der Waals surface area contributed by atoms with E-state index in [2.05, 4.69) is 0 Å². The van der Waals surface area contributed by atoms with Crippen LogP contribution in [0.15, 0.2) is 36.4 Å². The van der Waals surface area contributed by atoms with Crippen molar-refractivity contribution in [2.75, 3.05) is 6.61 Å². The van der Waals surface area contributed by atoms with Crippen molar-refractivity contribution in [3.8, 4) is 0 Å². The number of aryl methyl sites for hydroxylation is 1. The third kappa shape index (κ3) is 3.28. The summed E-state index contributed by atoms with van der Waals surface area (Å²) in [5.74, 6) is -2.42. The maximum absolute atomic E-state index is 13.1. The molecular weight excluding hydrogens is 408 g/mol. The molecule has 2 aromatic rings. The number of hydrogen-bond acceptors (Lipinski definition) is 6. The first-order valence-corrected chi connectivity index (χ1v) is 10.5. The third-order valence-corrected chi connectivity index (χ3v) is 6.54. The lowest BCUT2D eigenvalue weighted by Crippen LogP contribution is -2.60. The maximum atomic E-state index is 13.1. The molecule has 3 N–H and O–H groups in total. The second-order valence-electron chi connectivity index (χ2n) is 7.96. The zero-order chi connectivity index (χ0) is 21.6. The first-order chi connectivity index (χ1) is 14.3. The lowest BCUT2D eigenvalue weighted by atomic mass is 9.82.